The molecule has 1 heterocycles. The molecule has 2 atom stereocenters. The van der Waals surface area contributed by atoms with E-state index < -0.39 is 6.10 Å². The highest BCUT2D eigenvalue weighted by Crippen LogP contribution is 2.24. The molecular weight excluding hydrogens is 337 g/mol. The minimum atomic E-state index is -0.516. The lowest BCUT2D eigenvalue weighted by atomic mass is 10.0. The SMILES string of the molecule is OC(CCCN1CCCC1Cc1ccc(Cl)cc1)c1ccc(F)cc1. The maximum Gasteiger partial charge on any atom is 0.123 e. The normalized spacial score (nSPS) is 19.2. The number of rotatable bonds is 7. The van der Waals surface area contributed by atoms with E-state index in [4.69, 9.17) is 11.6 Å². The Morgan fingerprint density at radius 1 is 1.12 bits per heavy atom. The van der Waals surface area contributed by atoms with Crippen LogP contribution in [-0.2, 0) is 6.42 Å². The first-order valence-electron chi connectivity index (χ1n) is 9.04. The third-order valence-electron chi connectivity index (χ3n) is 5.06. The van der Waals surface area contributed by atoms with Crippen molar-refractivity contribution in [2.24, 2.45) is 0 Å². The molecule has 2 aromatic carbocycles. The minimum Gasteiger partial charge on any atom is -0.388 e. The molecule has 1 saturated heterocycles. The summed E-state index contributed by atoms with van der Waals surface area (Å²) in [6, 6.07) is 14.8. The van der Waals surface area contributed by atoms with Crippen LogP contribution in [0.2, 0.25) is 5.02 Å². The number of benzene rings is 2. The fourth-order valence-electron chi connectivity index (χ4n) is 3.65. The fourth-order valence-corrected chi connectivity index (χ4v) is 3.78. The van der Waals surface area contributed by atoms with E-state index in [1.807, 2.05) is 12.1 Å². The van der Waals surface area contributed by atoms with E-state index in [0.717, 1.165) is 36.5 Å². The second kappa shape index (κ2) is 8.79. The Kier molecular flexibility index (Phi) is 6.46. The molecule has 1 N–H and O–H groups in total. The molecule has 4 heteroatoms. The van der Waals surface area contributed by atoms with Gasteiger partial charge in [0.05, 0.1) is 6.10 Å². The van der Waals surface area contributed by atoms with Gasteiger partial charge in [-0.3, -0.25) is 0 Å². The average Bonchev–Trinajstić information content (AvgIpc) is 3.04. The van der Waals surface area contributed by atoms with Gasteiger partial charge in [0.25, 0.3) is 0 Å². The van der Waals surface area contributed by atoms with Crippen molar-refractivity contribution in [1.82, 2.24) is 4.90 Å². The lowest BCUT2D eigenvalue weighted by Crippen LogP contribution is -2.32. The number of hydrogen-bond donors (Lipinski definition) is 1. The van der Waals surface area contributed by atoms with Gasteiger partial charge in [0, 0.05) is 11.1 Å². The Morgan fingerprint density at radius 2 is 1.84 bits per heavy atom. The van der Waals surface area contributed by atoms with Crippen LogP contribution in [0.15, 0.2) is 48.5 Å². The van der Waals surface area contributed by atoms with Crippen molar-refractivity contribution in [2.45, 2.75) is 44.2 Å². The molecule has 2 aromatic rings. The Bertz CT molecular complexity index is 659. The zero-order valence-electron chi connectivity index (χ0n) is 14.4. The standard InChI is InChI=1S/C21H25ClFNO/c22-18-9-5-16(6-10-18)15-20-3-1-13-24(20)14-2-4-21(25)17-7-11-19(23)12-8-17/h5-12,20-21,25H,1-4,13-15H2. The highest BCUT2D eigenvalue weighted by atomic mass is 35.5. The largest absolute Gasteiger partial charge is 0.388 e. The Morgan fingerprint density at radius 3 is 2.56 bits per heavy atom. The van der Waals surface area contributed by atoms with Crippen molar-refractivity contribution in [3.63, 3.8) is 0 Å². The minimum absolute atomic E-state index is 0.266. The highest BCUT2D eigenvalue weighted by molar-refractivity contribution is 6.30. The van der Waals surface area contributed by atoms with Crippen LogP contribution in [0.5, 0.6) is 0 Å². The second-order valence-electron chi connectivity index (χ2n) is 6.87. The molecular formula is C21H25ClFNO. The van der Waals surface area contributed by atoms with Crippen molar-refractivity contribution >= 4 is 11.6 Å². The maximum atomic E-state index is 13.0. The molecule has 0 aliphatic carbocycles. The van der Waals surface area contributed by atoms with Crippen molar-refractivity contribution in [3.8, 4) is 0 Å². The predicted molar refractivity (Wildman–Crippen MR) is 100 cm³/mol. The summed E-state index contributed by atoms with van der Waals surface area (Å²) in [4.78, 5) is 2.53. The molecule has 0 bridgehead atoms. The molecule has 2 nitrogen and oxygen atoms in total. The zero-order valence-corrected chi connectivity index (χ0v) is 15.1. The van der Waals surface area contributed by atoms with Crippen molar-refractivity contribution in [2.75, 3.05) is 13.1 Å². The van der Waals surface area contributed by atoms with Crippen LogP contribution in [0.1, 0.15) is 42.9 Å². The Balaban J connectivity index is 1.46. The number of aliphatic hydroxyl groups is 1. The summed E-state index contributed by atoms with van der Waals surface area (Å²) in [5.41, 5.74) is 2.12. The first-order valence-corrected chi connectivity index (χ1v) is 9.41. The van der Waals surface area contributed by atoms with Crippen LogP contribution in [-0.4, -0.2) is 29.1 Å². The third kappa shape index (κ3) is 5.27. The smallest absolute Gasteiger partial charge is 0.123 e. The van der Waals surface area contributed by atoms with Crippen molar-refractivity contribution in [1.29, 1.82) is 0 Å². The monoisotopic (exact) mass is 361 g/mol. The van der Waals surface area contributed by atoms with Crippen LogP contribution >= 0.6 is 11.6 Å². The van der Waals surface area contributed by atoms with E-state index >= 15 is 0 Å². The maximum absolute atomic E-state index is 13.0. The summed E-state index contributed by atoms with van der Waals surface area (Å²) in [5, 5.41) is 11.0. The van der Waals surface area contributed by atoms with E-state index in [9.17, 15) is 9.50 Å². The van der Waals surface area contributed by atoms with Gasteiger partial charge in [-0.05, 0) is 80.6 Å². The molecule has 0 saturated carbocycles. The van der Waals surface area contributed by atoms with E-state index in [0.29, 0.717) is 12.5 Å². The number of nitrogens with zero attached hydrogens (tertiary/aromatic N) is 1. The zero-order chi connectivity index (χ0) is 17.6. The van der Waals surface area contributed by atoms with Crippen LogP contribution < -0.4 is 0 Å². The highest BCUT2D eigenvalue weighted by Gasteiger charge is 2.24. The van der Waals surface area contributed by atoms with Crippen molar-refractivity contribution in [3.05, 3.63) is 70.5 Å². The lowest BCUT2D eigenvalue weighted by molar-refractivity contribution is 0.153. The Hall–Kier alpha value is -1.42. The topological polar surface area (TPSA) is 23.5 Å². The van der Waals surface area contributed by atoms with Gasteiger partial charge in [-0.25, -0.2) is 4.39 Å². The quantitative estimate of drug-likeness (QED) is 0.750. The van der Waals surface area contributed by atoms with Gasteiger partial charge in [-0.1, -0.05) is 35.9 Å². The van der Waals surface area contributed by atoms with Gasteiger partial charge in [0.2, 0.25) is 0 Å². The van der Waals surface area contributed by atoms with Gasteiger partial charge in [0.1, 0.15) is 5.82 Å². The van der Waals surface area contributed by atoms with Crippen LogP contribution in [0, 0.1) is 5.82 Å². The molecule has 1 fully saturated rings. The lowest BCUT2D eigenvalue weighted by Gasteiger charge is -2.25. The first-order chi connectivity index (χ1) is 12.1. The van der Waals surface area contributed by atoms with Crippen LogP contribution in [0.25, 0.3) is 0 Å². The summed E-state index contributed by atoms with van der Waals surface area (Å²) in [7, 11) is 0. The molecule has 0 amide bonds. The number of hydrogen-bond acceptors (Lipinski definition) is 2. The Labute approximate surface area is 154 Å². The molecule has 0 spiro atoms. The van der Waals surface area contributed by atoms with Gasteiger partial charge in [-0.2, -0.15) is 0 Å². The molecule has 1 aliphatic rings. The van der Waals surface area contributed by atoms with Gasteiger partial charge < -0.3 is 10.0 Å². The van der Waals surface area contributed by atoms with E-state index in [2.05, 4.69) is 17.0 Å². The fraction of sp³-hybridized carbons (Fsp3) is 0.429. The second-order valence-corrected chi connectivity index (χ2v) is 7.31. The van der Waals surface area contributed by atoms with Crippen molar-refractivity contribution < 1.29 is 9.50 Å². The molecule has 3 rings (SSSR count). The molecule has 0 radical (unpaired) electrons. The van der Waals surface area contributed by atoms with E-state index in [1.54, 1.807) is 12.1 Å². The summed E-state index contributed by atoms with van der Waals surface area (Å²) in [5.74, 6) is -0.266. The summed E-state index contributed by atoms with van der Waals surface area (Å²) in [6.45, 7) is 2.13. The summed E-state index contributed by atoms with van der Waals surface area (Å²) < 4.78 is 13.0. The number of aliphatic hydroxyl groups excluding tert-OH is 1. The van der Waals surface area contributed by atoms with Gasteiger partial charge in [-0.15, -0.1) is 0 Å². The molecule has 25 heavy (non-hydrogen) atoms. The number of halogens is 2. The first kappa shape index (κ1) is 18.4. The average molecular weight is 362 g/mol. The summed E-state index contributed by atoms with van der Waals surface area (Å²) in [6.07, 6.45) is 4.64. The summed E-state index contributed by atoms with van der Waals surface area (Å²) >= 11 is 5.96. The third-order valence-corrected chi connectivity index (χ3v) is 5.31. The van der Waals surface area contributed by atoms with Crippen LogP contribution in [0.3, 0.4) is 0 Å². The molecule has 0 aromatic heterocycles. The predicted octanol–water partition coefficient (Wildman–Crippen LogP) is 5.00. The van der Waals surface area contributed by atoms with E-state index in [1.165, 1.54) is 30.5 Å². The van der Waals surface area contributed by atoms with E-state index in [-0.39, 0.29) is 5.82 Å². The number of likely N-dealkylation sites (tertiary alicyclic amines) is 1. The molecule has 1 aliphatic heterocycles. The van der Waals surface area contributed by atoms with Gasteiger partial charge >= 0.3 is 0 Å². The van der Waals surface area contributed by atoms with Gasteiger partial charge in [0.15, 0.2) is 0 Å². The molecule has 134 valence electrons. The van der Waals surface area contributed by atoms with Crippen LogP contribution in [0.4, 0.5) is 4.39 Å². The molecule has 2 unspecified atom stereocenters.